The third-order valence-electron chi connectivity index (χ3n) is 6.66. The molecule has 13 heteroatoms. The summed E-state index contributed by atoms with van der Waals surface area (Å²) in [5, 5.41) is 1.35. The molecule has 0 bridgehead atoms. The molecule has 200 valence electrons. The van der Waals surface area contributed by atoms with Gasteiger partial charge < -0.3 is 24.3 Å². The Balaban J connectivity index is 1.66. The van der Waals surface area contributed by atoms with E-state index in [1.807, 2.05) is 27.7 Å². The molecule has 1 aromatic heterocycles. The van der Waals surface area contributed by atoms with E-state index in [1.165, 1.54) is 17.3 Å². The molecular formula is C23H37BN4O7S. The summed E-state index contributed by atoms with van der Waals surface area (Å²) in [5.74, 6) is -0.377. The molecule has 0 spiro atoms. The van der Waals surface area contributed by atoms with Crippen LogP contribution >= 0.6 is 0 Å². The highest BCUT2D eigenvalue weighted by Crippen LogP contribution is 2.36. The molecular weight excluding hydrogens is 487 g/mol. The van der Waals surface area contributed by atoms with E-state index in [-0.39, 0.29) is 17.6 Å². The van der Waals surface area contributed by atoms with Crippen LogP contribution in [0.25, 0.3) is 0 Å². The number of amides is 2. The predicted molar refractivity (Wildman–Crippen MR) is 133 cm³/mol. The van der Waals surface area contributed by atoms with Crippen molar-refractivity contribution in [2.75, 3.05) is 13.1 Å². The first-order valence-electron chi connectivity index (χ1n) is 12.1. The number of piperidine rings is 1. The van der Waals surface area contributed by atoms with Crippen molar-refractivity contribution in [1.29, 1.82) is 0 Å². The van der Waals surface area contributed by atoms with Crippen LogP contribution in [0.4, 0.5) is 4.79 Å². The Morgan fingerprint density at radius 3 is 2.25 bits per heavy atom. The number of hydrogen-bond donors (Lipinski definition) is 1. The van der Waals surface area contributed by atoms with Gasteiger partial charge in [0, 0.05) is 30.9 Å². The molecule has 2 aliphatic rings. The maximum absolute atomic E-state index is 13.3. The highest BCUT2D eigenvalue weighted by molar-refractivity contribution is 7.91. The lowest BCUT2D eigenvalue weighted by atomic mass is 9.81. The average molecular weight is 524 g/mol. The lowest BCUT2D eigenvalue weighted by Gasteiger charge is -2.34. The molecule has 1 N–H and O–H groups in total. The fraction of sp³-hybridized carbons (Fsp3) is 0.739. The number of likely N-dealkylation sites (tertiary alicyclic amines) is 1. The van der Waals surface area contributed by atoms with Crippen LogP contribution in [0, 0.1) is 0 Å². The normalized spacial score (nSPS) is 22.7. The van der Waals surface area contributed by atoms with E-state index < -0.39 is 51.1 Å². The molecule has 0 saturated carbocycles. The molecule has 3 rings (SSSR count). The number of hydrogen-bond acceptors (Lipinski definition) is 9. The second-order valence-corrected chi connectivity index (χ2v) is 13.5. The number of carbonyl (C=O) groups is 2. The van der Waals surface area contributed by atoms with Crippen LogP contribution in [0.3, 0.4) is 0 Å². The van der Waals surface area contributed by atoms with Crippen molar-refractivity contribution >= 4 is 34.4 Å². The Morgan fingerprint density at radius 2 is 1.72 bits per heavy atom. The van der Waals surface area contributed by atoms with Gasteiger partial charge in [0.2, 0.25) is 20.9 Å². The topological polar surface area (TPSA) is 137 Å². The molecule has 2 atom stereocenters. The molecule has 0 aliphatic carbocycles. The Labute approximate surface area is 213 Å². The second kappa shape index (κ2) is 9.90. The highest BCUT2D eigenvalue weighted by Gasteiger charge is 2.52. The van der Waals surface area contributed by atoms with E-state index in [9.17, 15) is 18.0 Å². The van der Waals surface area contributed by atoms with Crippen molar-refractivity contribution in [3.8, 4) is 0 Å². The number of nitrogens with one attached hydrogen (secondary N) is 1. The quantitative estimate of drug-likeness (QED) is 0.448. The molecule has 0 radical (unpaired) electrons. The van der Waals surface area contributed by atoms with E-state index in [1.54, 1.807) is 27.7 Å². The average Bonchev–Trinajstić information content (AvgIpc) is 2.99. The van der Waals surface area contributed by atoms with Gasteiger partial charge in [-0.25, -0.2) is 23.2 Å². The van der Waals surface area contributed by atoms with Crippen LogP contribution in [0.1, 0.15) is 68.2 Å². The van der Waals surface area contributed by atoms with Gasteiger partial charge in [0.1, 0.15) is 11.6 Å². The zero-order valence-electron chi connectivity index (χ0n) is 22.3. The molecule has 1 aromatic rings. The molecule has 2 amide bonds. The molecule has 2 saturated heterocycles. The van der Waals surface area contributed by atoms with E-state index in [0.29, 0.717) is 24.8 Å². The van der Waals surface area contributed by atoms with E-state index in [0.717, 1.165) is 0 Å². The van der Waals surface area contributed by atoms with Gasteiger partial charge in [-0.1, -0.05) is 0 Å². The lowest BCUT2D eigenvalue weighted by Crippen LogP contribution is -2.52. The summed E-state index contributed by atoms with van der Waals surface area (Å²) in [6.45, 7) is 14.8. The van der Waals surface area contributed by atoms with Crippen LogP contribution in [-0.4, -0.2) is 83.6 Å². The fourth-order valence-corrected chi connectivity index (χ4v) is 5.49. The molecule has 11 nitrogen and oxygen atoms in total. The van der Waals surface area contributed by atoms with Gasteiger partial charge in [-0.2, -0.15) is 0 Å². The number of nitrogens with zero attached hydrogens (tertiary/aromatic N) is 3. The van der Waals surface area contributed by atoms with Crippen molar-refractivity contribution in [3.63, 3.8) is 0 Å². The maximum Gasteiger partial charge on any atom is 0.498 e. The van der Waals surface area contributed by atoms with Crippen molar-refractivity contribution < 1.29 is 32.1 Å². The lowest BCUT2D eigenvalue weighted by molar-refractivity contribution is -0.133. The number of alkyl carbamates (subject to hydrolysis) is 1. The first-order valence-corrected chi connectivity index (χ1v) is 13.7. The monoisotopic (exact) mass is 524 g/mol. The minimum Gasteiger partial charge on any atom is -0.444 e. The SMILES string of the molecule is CC(NC(=O)OC(C)(C)C)C(=O)N1CCCC(S(=O)(=O)c2ncc(B3OC(C)(C)C(C)(C)O3)cn2)C1. The van der Waals surface area contributed by atoms with Gasteiger partial charge in [0.05, 0.1) is 16.5 Å². The second-order valence-electron chi connectivity index (χ2n) is 11.3. The maximum atomic E-state index is 13.3. The standard InChI is InChI=1S/C23H37BN4O7S/c1-15(27-20(30)33-21(2,3)4)18(29)28-11-9-10-17(14-28)36(31,32)19-25-12-16(13-26-19)24-34-22(5,6)23(7,8)35-24/h12-13,15,17H,9-11,14H2,1-8H3,(H,27,30). The van der Waals surface area contributed by atoms with Crippen LogP contribution in [-0.2, 0) is 28.7 Å². The summed E-state index contributed by atoms with van der Waals surface area (Å²) in [6.07, 6.45) is 2.98. The van der Waals surface area contributed by atoms with Crippen molar-refractivity contribution in [1.82, 2.24) is 20.2 Å². The summed E-state index contributed by atoms with van der Waals surface area (Å²) < 4.78 is 43.7. The van der Waals surface area contributed by atoms with Crippen LogP contribution in [0.5, 0.6) is 0 Å². The van der Waals surface area contributed by atoms with Gasteiger partial charge in [-0.3, -0.25) is 4.79 Å². The number of carbonyl (C=O) groups excluding carboxylic acids is 2. The fourth-order valence-electron chi connectivity index (χ4n) is 3.93. The zero-order chi connectivity index (χ0) is 27.1. The number of ether oxygens (including phenoxy) is 1. The molecule has 3 heterocycles. The van der Waals surface area contributed by atoms with Crippen molar-refractivity contribution in [3.05, 3.63) is 12.4 Å². The van der Waals surface area contributed by atoms with Gasteiger partial charge in [0.15, 0.2) is 0 Å². The number of rotatable bonds is 5. The van der Waals surface area contributed by atoms with Gasteiger partial charge in [0.25, 0.3) is 0 Å². The Hall–Kier alpha value is -2.25. The predicted octanol–water partition coefficient (Wildman–Crippen LogP) is 1.45. The van der Waals surface area contributed by atoms with E-state index >= 15 is 0 Å². The Morgan fingerprint density at radius 1 is 1.17 bits per heavy atom. The highest BCUT2D eigenvalue weighted by atomic mass is 32.2. The molecule has 2 fully saturated rings. The minimum atomic E-state index is -3.90. The first kappa shape index (κ1) is 28.3. The summed E-state index contributed by atoms with van der Waals surface area (Å²) in [7, 11) is -4.60. The van der Waals surface area contributed by atoms with Crippen LogP contribution in [0.15, 0.2) is 17.6 Å². The molecule has 0 aromatic carbocycles. The van der Waals surface area contributed by atoms with Crippen LogP contribution in [0.2, 0.25) is 0 Å². The Kier molecular flexibility index (Phi) is 7.79. The van der Waals surface area contributed by atoms with Crippen molar-refractivity contribution in [2.24, 2.45) is 0 Å². The van der Waals surface area contributed by atoms with Gasteiger partial charge >= 0.3 is 13.2 Å². The third-order valence-corrected chi connectivity index (χ3v) is 8.64. The minimum absolute atomic E-state index is 0.0101. The summed E-state index contributed by atoms with van der Waals surface area (Å²) in [4.78, 5) is 34.6. The van der Waals surface area contributed by atoms with Gasteiger partial charge in [-0.15, -0.1) is 0 Å². The third kappa shape index (κ3) is 6.17. The summed E-state index contributed by atoms with van der Waals surface area (Å²) in [5.41, 5.74) is -1.27. The smallest absolute Gasteiger partial charge is 0.444 e. The zero-order valence-corrected chi connectivity index (χ0v) is 23.1. The van der Waals surface area contributed by atoms with Crippen LogP contribution < -0.4 is 10.8 Å². The van der Waals surface area contributed by atoms with E-state index in [4.69, 9.17) is 14.0 Å². The largest absolute Gasteiger partial charge is 0.498 e. The molecule has 2 unspecified atom stereocenters. The van der Waals surface area contributed by atoms with Gasteiger partial charge in [-0.05, 0) is 68.2 Å². The van der Waals surface area contributed by atoms with E-state index in [2.05, 4.69) is 15.3 Å². The molecule has 36 heavy (non-hydrogen) atoms. The summed E-state index contributed by atoms with van der Waals surface area (Å²) in [6, 6.07) is -0.864. The van der Waals surface area contributed by atoms with Crippen molar-refractivity contribution in [2.45, 2.75) is 101 Å². The first-order chi connectivity index (χ1) is 16.4. The number of sulfone groups is 1. The molecule has 2 aliphatic heterocycles. The summed E-state index contributed by atoms with van der Waals surface area (Å²) >= 11 is 0. The number of aromatic nitrogens is 2. The Bertz CT molecular complexity index is 1070.